The summed E-state index contributed by atoms with van der Waals surface area (Å²) in [4.78, 5) is 16.4. The van der Waals surface area contributed by atoms with Crippen molar-refractivity contribution in [2.24, 2.45) is 0 Å². The third-order valence-corrected chi connectivity index (χ3v) is 4.34. The van der Waals surface area contributed by atoms with E-state index in [0.29, 0.717) is 0 Å². The summed E-state index contributed by atoms with van der Waals surface area (Å²) < 4.78 is 4.94. The molecule has 0 radical (unpaired) electrons. The Labute approximate surface area is 199 Å². The number of carboxylic acid groups (broad SMARTS) is 1. The van der Waals surface area contributed by atoms with Gasteiger partial charge in [-0.3, -0.25) is 0 Å². The second kappa shape index (κ2) is 13.4. The summed E-state index contributed by atoms with van der Waals surface area (Å²) in [7, 11) is 0. The molecule has 6 nitrogen and oxygen atoms in total. The summed E-state index contributed by atoms with van der Waals surface area (Å²) in [5, 5.41) is 19.5. The quantitative estimate of drug-likeness (QED) is 0.351. The number of aliphatic hydroxyl groups is 1. The fraction of sp³-hybridized carbons (Fsp3) is 0.227. The van der Waals surface area contributed by atoms with Crippen molar-refractivity contribution in [2.75, 3.05) is 13.2 Å². The van der Waals surface area contributed by atoms with Crippen LogP contribution in [-0.2, 0) is 11.3 Å². The number of fused-ring (bicyclic) bond motifs is 2. The molecule has 4 aromatic rings. The summed E-state index contributed by atoms with van der Waals surface area (Å²) in [5.74, 6) is -0.925. The normalized spacial score (nSPS) is 12.0. The topological polar surface area (TPSA) is 98.3 Å². The van der Waals surface area contributed by atoms with Gasteiger partial charge in [0.05, 0.1) is 6.61 Å². The minimum atomic E-state index is -0.925. The fourth-order valence-corrected chi connectivity index (χ4v) is 2.92. The minimum Gasteiger partial charge on any atom is -1.00 e. The van der Waals surface area contributed by atoms with Crippen LogP contribution in [0, 0.1) is 0 Å². The first-order valence-electron chi connectivity index (χ1n) is 9.23. The molecule has 0 saturated carbocycles. The molecule has 4 N–H and O–H groups in total. The van der Waals surface area contributed by atoms with Crippen LogP contribution in [0.1, 0.15) is 30.5 Å². The molecule has 0 bridgehead atoms. The van der Waals surface area contributed by atoms with Crippen molar-refractivity contribution in [1.82, 2.24) is 9.97 Å². The van der Waals surface area contributed by atoms with Crippen LogP contribution in [0.2, 0.25) is 0 Å². The molecule has 1 aliphatic heterocycles. The number of H-pyrrole nitrogens is 2. The van der Waals surface area contributed by atoms with Crippen molar-refractivity contribution in [2.45, 2.75) is 19.4 Å². The number of hydrogen-bond donors (Lipinski definition) is 4. The number of aliphatic hydroxyl groups excluding tert-OH is 1. The van der Waals surface area contributed by atoms with Crippen LogP contribution >= 0.6 is 0 Å². The number of aromatic amines is 2. The summed E-state index contributed by atoms with van der Waals surface area (Å²) in [5.41, 5.74) is 3.04. The van der Waals surface area contributed by atoms with Gasteiger partial charge in [0.1, 0.15) is 5.69 Å². The van der Waals surface area contributed by atoms with Gasteiger partial charge < -0.3 is 26.3 Å². The second-order valence-corrected chi connectivity index (χ2v) is 6.43. The summed E-state index contributed by atoms with van der Waals surface area (Å²) in [6.07, 6.45) is 2.56. The number of carboxylic acids is 1. The zero-order chi connectivity index (χ0) is 19.8. The summed E-state index contributed by atoms with van der Waals surface area (Å²) in [6, 6.07) is 19.0. The second-order valence-electron chi connectivity index (χ2n) is 6.43. The van der Waals surface area contributed by atoms with Crippen LogP contribution in [-0.4, -0.2) is 56.7 Å². The van der Waals surface area contributed by atoms with E-state index in [-0.39, 0.29) is 49.9 Å². The van der Waals surface area contributed by atoms with Crippen molar-refractivity contribution in [3.8, 4) is 0 Å². The summed E-state index contributed by atoms with van der Waals surface area (Å²) in [6.45, 7) is 2.08. The van der Waals surface area contributed by atoms with Gasteiger partial charge in [-0.2, -0.15) is 0 Å². The van der Waals surface area contributed by atoms with Crippen LogP contribution < -0.4 is 18.9 Å². The first kappa shape index (κ1) is 26.1. The fourth-order valence-electron chi connectivity index (χ4n) is 2.92. The van der Waals surface area contributed by atoms with Crippen LogP contribution in [0.4, 0.5) is 0 Å². The number of para-hydroxylation sites is 2. The Kier molecular flexibility index (Phi) is 11.6. The maximum atomic E-state index is 10.5. The van der Waals surface area contributed by atoms with E-state index >= 15 is 0 Å². The molecule has 0 amide bonds. The van der Waals surface area contributed by atoms with Gasteiger partial charge in [0, 0.05) is 35.3 Å². The third-order valence-electron chi connectivity index (χ3n) is 4.34. The molecule has 0 spiro atoms. The Bertz CT molecular complexity index is 976. The van der Waals surface area contributed by atoms with Gasteiger partial charge >= 0.3 is 24.8 Å². The predicted octanol–water partition coefficient (Wildman–Crippen LogP) is 0.256. The predicted molar refractivity (Wildman–Crippen MR) is 121 cm³/mol. The molecule has 2 aromatic carbocycles. The Morgan fingerprint density at radius 1 is 0.933 bits per heavy atom. The largest absolute Gasteiger partial charge is 1.00 e. The van der Waals surface area contributed by atoms with Crippen LogP contribution in [0.3, 0.4) is 0 Å². The van der Waals surface area contributed by atoms with Gasteiger partial charge in [0.15, 0.2) is 17.4 Å². The van der Waals surface area contributed by atoms with E-state index in [1.165, 1.54) is 12.8 Å². The number of ether oxygens (including phenoxy) is 1. The van der Waals surface area contributed by atoms with Crippen molar-refractivity contribution < 1.29 is 40.0 Å². The molecule has 1 saturated heterocycles. The minimum absolute atomic E-state index is 0. The maximum Gasteiger partial charge on any atom is 1.00 e. The zero-order valence-electron chi connectivity index (χ0n) is 17.5. The van der Waals surface area contributed by atoms with E-state index in [4.69, 9.17) is 14.9 Å². The molecule has 3 heterocycles. The molecule has 1 aliphatic rings. The number of hydrogen-bond acceptors (Lipinski definition) is 3. The third kappa shape index (κ3) is 7.38. The van der Waals surface area contributed by atoms with E-state index in [9.17, 15) is 4.79 Å². The Hall–Kier alpha value is -1.96. The molecule has 5 rings (SSSR count). The van der Waals surface area contributed by atoms with Crippen LogP contribution in [0.15, 0.2) is 60.7 Å². The smallest absolute Gasteiger partial charge is 1.00 e. The van der Waals surface area contributed by atoms with Gasteiger partial charge in [-0.25, -0.2) is 4.79 Å². The van der Waals surface area contributed by atoms with Crippen molar-refractivity contribution >= 4 is 45.1 Å². The molecule has 0 unspecified atom stereocenters. The molecule has 2 aromatic heterocycles. The van der Waals surface area contributed by atoms with Gasteiger partial charge in [0.2, 0.25) is 0 Å². The van der Waals surface area contributed by atoms with E-state index in [2.05, 4.69) is 9.97 Å². The average Bonchev–Trinajstić information content (AvgIpc) is 3.49. The number of aromatic carboxylic acids is 1. The maximum absolute atomic E-state index is 10.5. The van der Waals surface area contributed by atoms with Gasteiger partial charge in [-0.05, 0) is 42.5 Å². The molecule has 0 aliphatic carbocycles. The Morgan fingerprint density at radius 3 is 1.90 bits per heavy atom. The first-order chi connectivity index (χ1) is 13.7. The van der Waals surface area contributed by atoms with Gasteiger partial charge in [0.25, 0.3) is 0 Å². The van der Waals surface area contributed by atoms with Crippen molar-refractivity contribution in [3.63, 3.8) is 0 Å². The molecular formula is C22H28AlLiN2O4. The van der Waals surface area contributed by atoms with Crippen LogP contribution in [0.25, 0.3) is 21.8 Å². The summed E-state index contributed by atoms with van der Waals surface area (Å²) >= 11 is 0. The Morgan fingerprint density at radius 2 is 1.47 bits per heavy atom. The SMILES string of the molecule is C1CCOC1.O=C(O)c1cc2ccccc2[nH]1.OCc1cc2ccccc2[nH]1.[AlH3].[H-].[Li+]. The monoisotopic (exact) mass is 418 g/mol. The number of aromatic nitrogens is 2. The molecule has 1 fully saturated rings. The molecular weight excluding hydrogens is 390 g/mol. The zero-order valence-corrected chi connectivity index (χ0v) is 16.5. The number of benzene rings is 2. The van der Waals surface area contributed by atoms with E-state index in [1.807, 2.05) is 54.6 Å². The van der Waals surface area contributed by atoms with Crippen LogP contribution in [0.5, 0.6) is 0 Å². The van der Waals surface area contributed by atoms with E-state index < -0.39 is 5.97 Å². The molecule has 0 atom stereocenters. The standard InChI is InChI=1S/C9H7NO2.C9H9NO.C4H8O.Al.Li.4H/c11-9(12)8-5-6-3-1-2-4-7(6)10-8;11-6-8-5-7-3-1-2-4-9(7)10-8;1-2-4-5-3-1;;;;;;/h1-5,10H,(H,11,12);1-5,10-11H,6H2;1-4H2;;;;;;/q;;;;+1;;;;-1. The number of rotatable bonds is 2. The first-order valence-corrected chi connectivity index (χ1v) is 9.23. The molecule has 154 valence electrons. The molecule has 30 heavy (non-hydrogen) atoms. The Balaban J connectivity index is 0.000000443. The number of nitrogens with one attached hydrogen (secondary N) is 2. The molecule has 8 heteroatoms. The average molecular weight is 418 g/mol. The van der Waals surface area contributed by atoms with Gasteiger partial charge in [-0.15, -0.1) is 0 Å². The van der Waals surface area contributed by atoms with Crippen molar-refractivity contribution in [1.29, 1.82) is 0 Å². The van der Waals surface area contributed by atoms with Gasteiger partial charge in [-0.1, -0.05) is 36.4 Å². The number of carbonyl (C=O) groups is 1. The van der Waals surface area contributed by atoms with E-state index in [1.54, 1.807) is 6.07 Å². The van der Waals surface area contributed by atoms with Crippen molar-refractivity contribution in [3.05, 3.63) is 72.1 Å². The van der Waals surface area contributed by atoms with E-state index in [0.717, 1.165) is 40.7 Å².